The van der Waals surface area contributed by atoms with Crippen LogP contribution in [0.4, 0.5) is 11.4 Å². The number of aromatic amines is 1. The van der Waals surface area contributed by atoms with Crippen LogP contribution in [0, 0.1) is 6.92 Å². The number of para-hydroxylation sites is 1. The summed E-state index contributed by atoms with van der Waals surface area (Å²) >= 11 is 7.29. The second-order valence-corrected chi connectivity index (χ2v) is 11.1. The Balaban J connectivity index is 1.21. The molecule has 206 valence electrons. The third-order valence-corrected chi connectivity index (χ3v) is 8.39. The number of aromatic nitrogens is 3. The quantitative estimate of drug-likeness (QED) is 0.220. The molecule has 3 aromatic carbocycles. The second kappa shape index (κ2) is 10.7. The van der Waals surface area contributed by atoms with Gasteiger partial charge in [-0.3, -0.25) is 19.0 Å². The van der Waals surface area contributed by atoms with Crippen LogP contribution in [-0.2, 0) is 23.2 Å². The molecule has 0 aliphatic carbocycles. The Morgan fingerprint density at radius 1 is 1.12 bits per heavy atom. The monoisotopic (exact) mass is 585 g/mol. The molecule has 0 spiro atoms. The molecule has 1 aliphatic rings. The van der Waals surface area contributed by atoms with Crippen LogP contribution in [0.25, 0.3) is 20.8 Å². The van der Waals surface area contributed by atoms with Crippen LogP contribution in [0.15, 0.2) is 82.1 Å². The highest BCUT2D eigenvalue weighted by molar-refractivity contribution is 7.80. The van der Waals surface area contributed by atoms with Crippen LogP contribution in [-0.4, -0.2) is 38.1 Å². The molecule has 1 aliphatic heterocycles. The molecule has 2 aromatic heterocycles. The molecule has 2 amide bonds. The molecule has 1 saturated heterocycles. The van der Waals surface area contributed by atoms with Crippen molar-refractivity contribution in [3.05, 3.63) is 94.5 Å². The molecule has 2 N–H and O–H groups in total. The van der Waals surface area contributed by atoms with Gasteiger partial charge in [0.05, 0.1) is 22.3 Å². The van der Waals surface area contributed by atoms with E-state index in [1.807, 2.05) is 42.5 Å². The van der Waals surface area contributed by atoms with Gasteiger partial charge in [0.2, 0.25) is 5.91 Å². The molecule has 0 bridgehead atoms. The summed E-state index contributed by atoms with van der Waals surface area (Å²) in [5.74, 6) is -0.708. The average Bonchev–Trinajstić information content (AvgIpc) is 3.59. The van der Waals surface area contributed by atoms with Crippen LogP contribution < -0.4 is 20.5 Å². The zero-order valence-corrected chi connectivity index (χ0v) is 23.8. The molecule has 10 nitrogen and oxygen atoms in total. The summed E-state index contributed by atoms with van der Waals surface area (Å²) in [6.45, 7) is 2.04. The maximum Gasteiger partial charge on any atom is 0.431 e. The number of thiazole rings is 1. The van der Waals surface area contributed by atoms with Crippen molar-refractivity contribution in [1.29, 1.82) is 0 Å². The Labute approximate surface area is 243 Å². The van der Waals surface area contributed by atoms with Crippen LogP contribution in [0.2, 0.25) is 0 Å². The van der Waals surface area contributed by atoms with Gasteiger partial charge in [0.25, 0.3) is 5.91 Å². The molecule has 41 heavy (non-hydrogen) atoms. The number of nitrogens with one attached hydrogen (secondary N) is 2. The van der Waals surface area contributed by atoms with Crippen molar-refractivity contribution < 1.29 is 18.8 Å². The Bertz CT molecular complexity index is 1840. The van der Waals surface area contributed by atoms with E-state index in [9.17, 15) is 14.4 Å². The van der Waals surface area contributed by atoms with E-state index in [1.165, 1.54) is 15.1 Å². The van der Waals surface area contributed by atoms with Gasteiger partial charge in [-0.1, -0.05) is 28.9 Å². The third kappa shape index (κ3) is 5.14. The lowest BCUT2D eigenvalue weighted by molar-refractivity contribution is -0.746. The fraction of sp³-hybridized carbons (Fsp3) is 0.172. The summed E-state index contributed by atoms with van der Waals surface area (Å²) in [4.78, 5) is 46.8. The lowest BCUT2D eigenvalue weighted by Crippen LogP contribution is -2.44. The summed E-state index contributed by atoms with van der Waals surface area (Å²) in [6, 6.07) is 21.7. The van der Waals surface area contributed by atoms with Crippen LogP contribution >= 0.6 is 23.6 Å². The van der Waals surface area contributed by atoms with E-state index in [-0.39, 0.29) is 35.6 Å². The number of amides is 2. The summed E-state index contributed by atoms with van der Waals surface area (Å²) in [7, 11) is 1.62. The maximum atomic E-state index is 13.6. The van der Waals surface area contributed by atoms with Crippen molar-refractivity contribution in [2.24, 2.45) is 7.05 Å². The first kappa shape index (κ1) is 26.5. The zero-order valence-electron chi connectivity index (χ0n) is 22.2. The zero-order chi connectivity index (χ0) is 28.7. The number of nitrogens with zero attached hydrogens (tertiary/aromatic N) is 4. The minimum Gasteiger partial charge on any atom is -0.326 e. The molecule has 6 rings (SSSR count). The van der Waals surface area contributed by atoms with Gasteiger partial charge < -0.3 is 10.2 Å². The lowest BCUT2D eigenvalue weighted by Gasteiger charge is -2.21. The topological polar surface area (TPSA) is 115 Å². The van der Waals surface area contributed by atoms with Gasteiger partial charge >= 0.3 is 11.3 Å². The number of H-pyrrole nitrogens is 1. The predicted octanol–water partition coefficient (Wildman–Crippen LogP) is 3.91. The van der Waals surface area contributed by atoms with Crippen LogP contribution in [0.1, 0.15) is 17.7 Å². The van der Waals surface area contributed by atoms with Crippen molar-refractivity contribution in [3.8, 4) is 10.6 Å². The van der Waals surface area contributed by atoms with Gasteiger partial charge in [0.15, 0.2) is 12.2 Å². The van der Waals surface area contributed by atoms with E-state index in [0.717, 1.165) is 20.8 Å². The van der Waals surface area contributed by atoms with Gasteiger partial charge in [-0.15, -0.1) is 11.3 Å². The second-order valence-electron chi connectivity index (χ2n) is 9.74. The number of hydrogen-bond donors (Lipinski definition) is 2. The molecule has 5 aromatic rings. The van der Waals surface area contributed by atoms with Crippen LogP contribution in [0.5, 0.6) is 0 Å². The van der Waals surface area contributed by atoms with E-state index in [4.69, 9.17) is 21.7 Å². The third-order valence-electron chi connectivity index (χ3n) is 6.91. The standard InChI is InChI=1S/C29H24N6O4S2/c1-17-8-13-21-24(14-17)41-26(31-21)18-9-11-19(12-10-18)30-25(36)15-22-27(37)35(20-6-4-3-5-7-20)29(40)34(22)16-23-28(38)39-32-33(23)2/h3-14,22H,15-16H2,1-2H3,(H-,30,31,32,36,38)/p+1. The number of thiocarbonyl (C=S) groups is 1. The number of anilines is 2. The number of rotatable bonds is 7. The van der Waals surface area contributed by atoms with Crippen molar-refractivity contribution in [1.82, 2.24) is 15.2 Å². The van der Waals surface area contributed by atoms with Gasteiger partial charge in [0.1, 0.15) is 17.6 Å². The highest BCUT2D eigenvalue weighted by Crippen LogP contribution is 2.32. The predicted molar refractivity (Wildman–Crippen MR) is 159 cm³/mol. The van der Waals surface area contributed by atoms with Crippen molar-refractivity contribution in [3.63, 3.8) is 0 Å². The summed E-state index contributed by atoms with van der Waals surface area (Å²) in [6.07, 6.45) is -0.166. The SMILES string of the molecule is Cc1ccc2nc(-c3ccc(NC(=O)CC4C(=O)N(c5ccccc5)C(=S)N4Cc4c(=O)o[nH][n+]4C)cc3)sc2c1. The summed E-state index contributed by atoms with van der Waals surface area (Å²) in [5.41, 5.74) is 3.94. The number of carbonyl (C=O) groups is 2. The van der Waals surface area contributed by atoms with E-state index in [0.29, 0.717) is 11.4 Å². The lowest BCUT2D eigenvalue weighted by atomic mass is 10.1. The summed E-state index contributed by atoms with van der Waals surface area (Å²) in [5, 5.41) is 6.46. The highest BCUT2D eigenvalue weighted by atomic mass is 32.1. The summed E-state index contributed by atoms with van der Waals surface area (Å²) < 4.78 is 7.41. The molecule has 0 saturated carbocycles. The first-order valence-electron chi connectivity index (χ1n) is 12.8. The molecular weight excluding hydrogens is 560 g/mol. The van der Waals surface area contributed by atoms with E-state index >= 15 is 0 Å². The smallest absolute Gasteiger partial charge is 0.326 e. The minimum absolute atomic E-state index is 0.00935. The Morgan fingerprint density at radius 2 is 1.88 bits per heavy atom. The number of carbonyl (C=O) groups excluding carboxylic acids is 2. The minimum atomic E-state index is -0.914. The number of aryl methyl sites for hydroxylation is 2. The number of benzene rings is 3. The molecule has 1 unspecified atom stereocenters. The van der Waals surface area contributed by atoms with Gasteiger partial charge in [0, 0.05) is 11.3 Å². The Hall–Kier alpha value is -4.68. The molecular formula is C29H25N6O4S2+. The molecule has 12 heteroatoms. The molecule has 1 atom stereocenters. The van der Waals surface area contributed by atoms with Crippen molar-refractivity contribution >= 4 is 62.1 Å². The molecule has 0 radical (unpaired) electrons. The Kier molecular flexibility index (Phi) is 6.93. The van der Waals surface area contributed by atoms with E-state index in [1.54, 1.807) is 47.5 Å². The fourth-order valence-corrected chi connectivity index (χ4v) is 6.22. The Morgan fingerprint density at radius 3 is 2.59 bits per heavy atom. The average molecular weight is 586 g/mol. The normalized spacial score (nSPS) is 15.2. The van der Waals surface area contributed by atoms with Crippen LogP contribution in [0.3, 0.4) is 0 Å². The fourth-order valence-electron chi connectivity index (χ4n) is 4.76. The largest absolute Gasteiger partial charge is 0.431 e. The van der Waals surface area contributed by atoms with E-state index in [2.05, 4.69) is 23.6 Å². The van der Waals surface area contributed by atoms with Crippen molar-refractivity contribution in [2.45, 2.75) is 25.9 Å². The van der Waals surface area contributed by atoms with E-state index < -0.39 is 11.7 Å². The van der Waals surface area contributed by atoms with Gasteiger partial charge in [-0.2, -0.15) is 0 Å². The first-order valence-corrected chi connectivity index (χ1v) is 14.0. The number of hydrogen-bond acceptors (Lipinski definition) is 7. The molecule has 1 fully saturated rings. The first-order chi connectivity index (χ1) is 19.8. The maximum absolute atomic E-state index is 13.6. The van der Waals surface area contributed by atoms with Gasteiger partial charge in [-0.25, -0.2) is 9.78 Å². The highest BCUT2D eigenvalue weighted by Gasteiger charge is 2.45. The van der Waals surface area contributed by atoms with Gasteiger partial charge in [-0.05, 0) is 78.5 Å². The van der Waals surface area contributed by atoms with Crippen molar-refractivity contribution in [2.75, 3.05) is 10.2 Å². The number of fused-ring (bicyclic) bond motifs is 1. The molecule has 3 heterocycles.